The van der Waals surface area contributed by atoms with Crippen LogP contribution in [0.3, 0.4) is 0 Å². The molecule has 0 radical (unpaired) electrons. The summed E-state index contributed by atoms with van der Waals surface area (Å²) in [5, 5.41) is 0. The van der Waals surface area contributed by atoms with Crippen molar-refractivity contribution in [2.24, 2.45) is 0 Å². The molecule has 69 heavy (non-hydrogen) atoms. The van der Waals surface area contributed by atoms with Crippen LogP contribution < -0.4 is 9.80 Å². The van der Waals surface area contributed by atoms with Gasteiger partial charge in [-0.05, 0) is 139 Å². The lowest BCUT2D eigenvalue weighted by atomic mass is 9.59. The van der Waals surface area contributed by atoms with E-state index in [2.05, 4.69) is 289 Å². The Balaban J connectivity index is 1.08. The van der Waals surface area contributed by atoms with Crippen LogP contribution in [0.1, 0.15) is 22.3 Å². The Morgan fingerprint density at radius 1 is 0.203 bits per heavy atom. The summed E-state index contributed by atoms with van der Waals surface area (Å²) in [6.45, 7) is 0. The van der Waals surface area contributed by atoms with Crippen molar-refractivity contribution in [3.63, 3.8) is 0 Å². The Hall–Kier alpha value is -8.98. The highest BCUT2D eigenvalue weighted by atomic mass is 15.2. The molecule has 324 valence electrons. The maximum atomic E-state index is 2.52. The smallest absolute Gasteiger partial charge is 0.0783 e. The molecule has 2 heterocycles. The minimum Gasteiger partial charge on any atom is -0.310 e. The van der Waals surface area contributed by atoms with Gasteiger partial charge >= 0.3 is 0 Å². The Labute approximate surface area is 404 Å². The van der Waals surface area contributed by atoms with Gasteiger partial charge in [0.05, 0.1) is 28.2 Å². The summed E-state index contributed by atoms with van der Waals surface area (Å²) in [4.78, 5) is 4.97. The lowest BCUT2D eigenvalue weighted by Gasteiger charge is -2.51. The predicted octanol–water partition coefficient (Wildman–Crippen LogP) is 18.0. The van der Waals surface area contributed by atoms with E-state index in [1.165, 1.54) is 72.3 Å². The van der Waals surface area contributed by atoms with Crippen molar-refractivity contribution in [3.05, 3.63) is 301 Å². The van der Waals surface area contributed by atoms with Gasteiger partial charge in [0.25, 0.3) is 0 Å². The first-order chi connectivity index (χ1) is 34.2. The van der Waals surface area contributed by atoms with Crippen LogP contribution in [-0.4, -0.2) is 0 Å². The van der Waals surface area contributed by atoms with E-state index in [4.69, 9.17) is 0 Å². The lowest BCUT2D eigenvalue weighted by Crippen LogP contribution is -2.42. The predicted molar refractivity (Wildman–Crippen MR) is 288 cm³/mol. The van der Waals surface area contributed by atoms with Crippen LogP contribution in [0.4, 0.5) is 34.1 Å². The third kappa shape index (κ3) is 6.64. The molecule has 0 N–H and O–H groups in total. The molecule has 2 nitrogen and oxygen atoms in total. The standard InChI is InChI=1S/C67H46N2/c1-5-19-47(20-6-1)50-33-39-55(40-34-50)68-63-30-16-13-27-59(63)67(60-28-14-17-31-64(60)68)61-29-15-18-32-65(61)69(56-41-35-51(36-42-56)48-21-7-2-8-22-48)66-44-38-54(46-62(66)67)58-45-53(49-23-9-3-10-24-49)37-43-57(58)52-25-11-4-12-26-52/h1-46H. The quantitative estimate of drug-likeness (QED) is 0.157. The summed E-state index contributed by atoms with van der Waals surface area (Å²) >= 11 is 0. The molecule has 2 aliphatic rings. The molecule has 0 saturated carbocycles. The molecule has 0 fully saturated rings. The van der Waals surface area contributed by atoms with Crippen LogP contribution >= 0.6 is 0 Å². The molecular formula is C67H46N2. The van der Waals surface area contributed by atoms with Crippen molar-refractivity contribution < 1.29 is 0 Å². The summed E-state index contributed by atoms with van der Waals surface area (Å²) in [6.07, 6.45) is 0. The lowest BCUT2D eigenvalue weighted by molar-refractivity contribution is 0.719. The number of benzene rings is 11. The van der Waals surface area contributed by atoms with Crippen LogP contribution in [0.5, 0.6) is 0 Å². The second-order valence-corrected chi connectivity index (χ2v) is 18.0. The number of nitrogens with zero attached hydrogens (tertiary/aromatic N) is 2. The van der Waals surface area contributed by atoms with Gasteiger partial charge in [0, 0.05) is 11.4 Å². The number of hydrogen-bond donors (Lipinski definition) is 0. The fraction of sp³-hybridized carbons (Fsp3) is 0.0149. The molecule has 2 heteroatoms. The molecule has 11 aromatic carbocycles. The number of hydrogen-bond acceptors (Lipinski definition) is 2. The number of para-hydroxylation sites is 3. The van der Waals surface area contributed by atoms with Gasteiger partial charge in [0.1, 0.15) is 0 Å². The molecule has 0 amide bonds. The zero-order chi connectivity index (χ0) is 45.7. The molecule has 0 unspecified atom stereocenters. The van der Waals surface area contributed by atoms with Gasteiger partial charge in [-0.2, -0.15) is 0 Å². The van der Waals surface area contributed by atoms with E-state index in [9.17, 15) is 0 Å². The zero-order valence-corrected chi connectivity index (χ0v) is 38.0. The van der Waals surface area contributed by atoms with Crippen molar-refractivity contribution in [2.75, 3.05) is 9.80 Å². The minimum atomic E-state index is -0.708. The van der Waals surface area contributed by atoms with E-state index >= 15 is 0 Å². The van der Waals surface area contributed by atoms with Gasteiger partial charge in [-0.25, -0.2) is 0 Å². The highest BCUT2D eigenvalue weighted by Crippen LogP contribution is 2.64. The minimum absolute atomic E-state index is 0.708. The molecule has 2 aliphatic heterocycles. The molecule has 11 aromatic rings. The van der Waals surface area contributed by atoms with E-state index in [1.54, 1.807) is 0 Å². The van der Waals surface area contributed by atoms with E-state index in [-0.39, 0.29) is 0 Å². The molecule has 13 rings (SSSR count). The van der Waals surface area contributed by atoms with Gasteiger partial charge < -0.3 is 9.80 Å². The van der Waals surface area contributed by atoms with E-state index in [1.807, 2.05) is 0 Å². The van der Waals surface area contributed by atoms with Crippen LogP contribution in [-0.2, 0) is 5.41 Å². The van der Waals surface area contributed by atoms with Gasteiger partial charge in [0.15, 0.2) is 0 Å². The van der Waals surface area contributed by atoms with Crippen LogP contribution in [0.2, 0.25) is 0 Å². The number of anilines is 6. The van der Waals surface area contributed by atoms with Crippen LogP contribution in [0.25, 0.3) is 55.6 Å². The Bertz CT molecular complexity index is 3530. The van der Waals surface area contributed by atoms with Gasteiger partial charge in [-0.3, -0.25) is 0 Å². The van der Waals surface area contributed by atoms with E-state index < -0.39 is 5.41 Å². The van der Waals surface area contributed by atoms with Gasteiger partial charge in [0.2, 0.25) is 0 Å². The SMILES string of the molecule is c1ccc(-c2ccc(N3c4ccccc4C4(c5ccccc53)c3ccccc3N(c3ccc(-c5ccccc5)cc3)c3ccc(-c5cc(-c6ccccc6)ccc5-c5ccccc5)cc34)cc2)cc1. The maximum Gasteiger partial charge on any atom is 0.0783 e. The topological polar surface area (TPSA) is 6.48 Å². The summed E-state index contributed by atoms with van der Waals surface area (Å²) in [7, 11) is 0. The second-order valence-electron chi connectivity index (χ2n) is 18.0. The van der Waals surface area contributed by atoms with Crippen molar-refractivity contribution in [3.8, 4) is 55.6 Å². The molecule has 0 bridgehead atoms. The molecule has 1 spiro atoms. The molecule has 0 aromatic heterocycles. The molecule has 0 atom stereocenters. The molecular weight excluding hydrogens is 833 g/mol. The normalized spacial score (nSPS) is 13.0. The van der Waals surface area contributed by atoms with Crippen LogP contribution in [0, 0.1) is 0 Å². The average molecular weight is 879 g/mol. The Morgan fingerprint density at radius 3 is 0.986 bits per heavy atom. The fourth-order valence-electron chi connectivity index (χ4n) is 11.2. The van der Waals surface area contributed by atoms with Crippen molar-refractivity contribution in [2.45, 2.75) is 5.41 Å². The Morgan fingerprint density at radius 2 is 0.536 bits per heavy atom. The number of rotatable bonds is 7. The Kier molecular flexibility index (Phi) is 9.77. The van der Waals surface area contributed by atoms with Gasteiger partial charge in [-0.15, -0.1) is 0 Å². The largest absolute Gasteiger partial charge is 0.310 e. The average Bonchev–Trinajstić information content (AvgIpc) is 3.44. The summed E-state index contributed by atoms with van der Waals surface area (Å²) in [5.74, 6) is 0. The summed E-state index contributed by atoms with van der Waals surface area (Å²) < 4.78 is 0. The van der Waals surface area contributed by atoms with Crippen molar-refractivity contribution in [1.29, 1.82) is 0 Å². The maximum absolute atomic E-state index is 2.52. The number of fused-ring (bicyclic) bond motifs is 8. The summed E-state index contributed by atoms with van der Waals surface area (Å²) in [5.41, 5.74) is 23.0. The monoisotopic (exact) mass is 878 g/mol. The molecule has 0 saturated heterocycles. The van der Waals surface area contributed by atoms with Crippen molar-refractivity contribution in [1.82, 2.24) is 0 Å². The fourth-order valence-corrected chi connectivity index (χ4v) is 11.2. The highest BCUT2D eigenvalue weighted by molar-refractivity contribution is 5.98. The van der Waals surface area contributed by atoms with Gasteiger partial charge in [-0.1, -0.05) is 218 Å². The first kappa shape index (κ1) is 40.3. The van der Waals surface area contributed by atoms with Crippen LogP contribution in [0.15, 0.2) is 279 Å². The van der Waals surface area contributed by atoms with E-state index in [0.29, 0.717) is 0 Å². The van der Waals surface area contributed by atoms with E-state index in [0.717, 1.165) is 39.7 Å². The molecule has 0 aliphatic carbocycles. The highest BCUT2D eigenvalue weighted by Gasteiger charge is 2.52. The summed E-state index contributed by atoms with van der Waals surface area (Å²) in [6, 6.07) is 103. The second kappa shape index (κ2) is 16.7. The third-order valence-electron chi connectivity index (χ3n) is 14.3. The first-order valence-electron chi connectivity index (χ1n) is 23.8. The third-order valence-corrected chi connectivity index (χ3v) is 14.3. The van der Waals surface area contributed by atoms with Crippen molar-refractivity contribution >= 4 is 34.1 Å². The zero-order valence-electron chi connectivity index (χ0n) is 38.0. The first-order valence-corrected chi connectivity index (χ1v) is 23.8.